The lowest BCUT2D eigenvalue weighted by Crippen LogP contribution is -2.18. The maximum Gasteiger partial charge on any atom is 0.331 e. The summed E-state index contributed by atoms with van der Waals surface area (Å²) in [6.07, 6.45) is 2.89. The average molecular weight is 306 g/mol. The van der Waals surface area contributed by atoms with Crippen LogP contribution in [0.2, 0.25) is 0 Å². The topological polar surface area (TPSA) is 54.4 Å². The summed E-state index contributed by atoms with van der Waals surface area (Å²) in [5.74, 6) is -1.61. The van der Waals surface area contributed by atoms with E-state index in [9.17, 15) is 14.7 Å². The molecule has 0 heterocycles. The molecule has 0 bridgehead atoms. The van der Waals surface area contributed by atoms with Gasteiger partial charge in [-0.25, -0.2) is 4.79 Å². The molecule has 0 radical (unpaired) electrons. The van der Waals surface area contributed by atoms with E-state index in [4.69, 9.17) is 0 Å². The second kappa shape index (κ2) is 6.21. The summed E-state index contributed by atoms with van der Waals surface area (Å²) in [5, 5.41) is 9.17. The van der Waals surface area contributed by atoms with Crippen molar-refractivity contribution >= 4 is 11.8 Å². The first-order valence-electron chi connectivity index (χ1n) is 7.71. The molecular formula is C20H18O3. The highest BCUT2D eigenvalue weighted by Gasteiger charge is 2.31. The number of allylic oxidation sites excluding steroid dienone is 1. The predicted molar refractivity (Wildman–Crippen MR) is 89.4 cm³/mol. The first kappa shape index (κ1) is 15.2. The third-order valence-corrected chi connectivity index (χ3v) is 4.31. The molecule has 3 rings (SSSR count). The number of benzene rings is 2. The molecule has 0 fully saturated rings. The van der Waals surface area contributed by atoms with Gasteiger partial charge in [0.15, 0.2) is 5.78 Å². The Hall–Kier alpha value is -2.68. The van der Waals surface area contributed by atoms with E-state index in [-0.39, 0.29) is 11.4 Å². The number of rotatable bonds is 4. The molecule has 0 aromatic heterocycles. The molecule has 0 spiro atoms. The number of hydrogen-bond donors (Lipinski definition) is 1. The van der Waals surface area contributed by atoms with Crippen molar-refractivity contribution in [1.82, 2.24) is 0 Å². The Bertz CT molecular complexity index is 768. The number of ketones is 1. The van der Waals surface area contributed by atoms with Crippen molar-refractivity contribution in [3.63, 3.8) is 0 Å². The summed E-state index contributed by atoms with van der Waals surface area (Å²) in [5.41, 5.74) is 4.15. The molecule has 0 aliphatic heterocycles. The van der Waals surface area contributed by atoms with Crippen LogP contribution in [-0.4, -0.2) is 16.9 Å². The van der Waals surface area contributed by atoms with Crippen molar-refractivity contribution < 1.29 is 14.7 Å². The van der Waals surface area contributed by atoms with Gasteiger partial charge in [0.25, 0.3) is 0 Å². The fourth-order valence-electron chi connectivity index (χ4n) is 2.99. The second-order valence-corrected chi connectivity index (χ2v) is 5.90. The fraction of sp³-hybridized carbons (Fsp3) is 0.200. The van der Waals surface area contributed by atoms with Gasteiger partial charge in [-0.15, -0.1) is 0 Å². The minimum absolute atomic E-state index is 0.105. The van der Waals surface area contributed by atoms with E-state index in [2.05, 4.69) is 24.3 Å². The molecule has 0 saturated carbocycles. The third kappa shape index (κ3) is 3.09. The van der Waals surface area contributed by atoms with E-state index in [0.29, 0.717) is 18.4 Å². The van der Waals surface area contributed by atoms with Crippen molar-refractivity contribution in [2.24, 2.45) is 5.92 Å². The van der Waals surface area contributed by atoms with Crippen LogP contribution < -0.4 is 0 Å². The smallest absolute Gasteiger partial charge is 0.331 e. The summed E-state index contributed by atoms with van der Waals surface area (Å²) >= 11 is 0. The Balaban J connectivity index is 1.82. The summed E-state index contributed by atoms with van der Waals surface area (Å²) in [6.45, 7) is 2.04. The summed E-state index contributed by atoms with van der Waals surface area (Å²) in [7, 11) is 0. The molecule has 116 valence electrons. The van der Waals surface area contributed by atoms with Crippen LogP contribution in [0.5, 0.6) is 0 Å². The Labute approximate surface area is 135 Å². The van der Waals surface area contributed by atoms with Gasteiger partial charge in [0.05, 0.1) is 5.92 Å². The largest absolute Gasteiger partial charge is 0.478 e. The fourth-order valence-corrected chi connectivity index (χ4v) is 2.99. The highest BCUT2D eigenvalue weighted by molar-refractivity contribution is 6.05. The molecule has 1 N–H and O–H groups in total. The number of carboxylic acid groups (broad SMARTS) is 1. The SMILES string of the molecule is Cc1ccc(-c2ccc(C(=O)C3CCC=C3C(=O)O)cc2)cc1. The van der Waals surface area contributed by atoms with Crippen LogP contribution in [0.15, 0.2) is 60.2 Å². The van der Waals surface area contributed by atoms with Crippen molar-refractivity contribution in [2.75, 3.05) is 0 Å². The summed E-state index contributed by atoms with van der Waals surface area (Å²) in [6, 6.07) is 15.6. The maximum absolute atomic E-state index is 12.6. The van der Waals surface area contributed by atoms with Crippen LogP contribution in [-0.2, 0) is 4.79 Å². The molecule has 23 heavy (non-hydrogen) atoms. The molecule has 1 aliphatic carbocycles. The highest BCUT2D eigenvalue weighted by Crippen LogP contribution is 2.30. The van der Waals surface area contributed by atoms with Gasteiger partial charge in [-0.3, -0.25) is 4.79 Å². The van der Waals surface area contributed by atoms with Crippen LogP contribution in [0.3, 0.4) is 0 Å². The quantitative estimate of drug-likeness (QED) is 0.858. The molecule has 0 amide bonds. The van der Waals surface area contributed by atoms with Gasteiger partial charge in [-0.1, -0.05) is 60.2 Å². The zero-order valence-corrected chi connectivity index (χ0v) is 13.0. The van der Waals surface area contributed by atoms with E-state index in [1.54, 1.807) is 18.2 Å². The Morgan fingerprint density at radius 3 is 2.09 bits per heavy atom. The number of hydrogen-bond acceptors (Lipinski definition) is 2. The lowest BCUT2D eigenvalue weighted by molar-refractivity contribution is -0.133. The number of carbonyl (C=O) groups excluding carboxylic acids is 1. The van der Waals surface area contributed by atoms with E-state index in [1.165, 1.54) is 5.56 Å². The Morgan fingerprint density at radius 1 is 0.957 bits per heavy atom. The number of aliphatic carboxylic acids is 1. The molecule has 1 unspecified atom stereocenters. The Morgan fingerprint density at radius 2 is 1.52 bits per heavy atom. The van der Waals surface area contributed by atoms with Crippen LogP contribution >= 0.6 is 0 Å². The minimum atomic E-state index is -0.989. The number of Topliss-reactive ketones (excluding diaryl/α,β-unsaturated/α-hetero) is 1. The van der Waals surface area contributed by atoms with Gasteiger partial charge in [-0.2, -0.15) is 0 Å². The normalized spacial score (nSPS) is 16.9. The molecular weight excluding hydrogens is 288 g/mol. The lowest BCUT2D eigenvalue weighted by Gasteiger charge is -2.11. The summed E-state index contributed by atoms with van der Waals surface area (Å²) < 4.78 is 0. The highest BCUT2D eigenvalue weighted by atomic mass is 16.4. The van der Waals surface area contributed by atoms with E-state index < -0.39 is 11.9 Å². The average Bonchev–Trinajstić information content (AvgIpc) is 3.05. The lowest BCUT2D eigenvalue weighted by atomic mass is 9.91. The van der Waals surface area contributed by atoms with Gasteiger partial charge in [0, 0.05) is 11.1 Å². The van der Waals surface area contributed by atoms with Crippen LogP contribution in [0.4, 0.5) is 0 Å². The molecule has 1 aliphatic rings. The molecule has 3 nitrogen and oxygen atoms in total. The number of carboxylic acids is 1. The second-order valence-electron chi connectivity index (χ2n) is 5.90. The monoisotopic (exact) mass is 306 g/mol. The molecule has 3 heteroatoms. The van der Waals surface area contributed by atoms with Crippen LogP contribution in [0, 0.1) is 12.8 Å². The van der Waals surface area contributed by atoms with Crippen molar-refractivity contribution in [3.05, 3.63) is 71.3 Å². The van der Waals surface area contributed by atoms with Crippen molar-refractivity contribution in [2.45, 2.75) is 19.8 Å². The van der Waals surface area contributed by atoms with Gasteiger partial charge < -0.3 is 5.11 Å². The molecule has 2 aromatic carbocycles. The zero-order chi connectivity index (χ0) is 16.4. The number of aryl methyl sites for hydroxylation is 1. The maximum atomic E-state index is 12.6. The molecule has 1 atom stereocenters. The van der Waals surface area contributed by atoms with E-state index in [0.717, 1.165) is 11.1 Å². The van der Waals surface area contributed by atoms with E-state index in [1.807, 2.05) is 19.1 Å². The third-order valence-electron chi connectivity index (χ3n) is 4.31. The standard InChI is InChI=1S/C20H18O3/c1-13-5-7-14(8-6-13)15-9-11-16(12-10-15)19(21)17-3-2-4-18(17)20(22)23/h4-12,17H,2-3H2,1H3,(H,22,23). The summed E-state index contributed by atoms with van der Waals surface area (Å²) in [4.78, 5) is 23.7. The van der Waals surface area contributed by atoms with Gasteiger partial charge in [0.1, 0.15) is 0 Å². The zero-order valence-electron chi connectivity index (χ0n) is 13.0. The Kier molecular flexibility index (Phi) is 4.11. The molecule has 0 saturated heterocycles. The van der Waals surface area contributed by atoms with Gasteiger partial charge in [-0.05, 0) is 30.9 Å². The number of carbonyl (C=O) groups is 2. The predicted octanol–water partition coefficient (Wildman–Crippen LogP) is 4.27. The first-order valence-corrected chi connectivity index (χ1v) is 7.71. The van der Waals surface area contributed by atoms with Crippen molar-refractivity contribution in [1.29, 1.82) is 0 Å². The first-order chi connectivity index (χ1) is 11.1. The van der Waals surface area contributed by atoms with Gasteiger partial charge in [0.2, 0.25) is 0 Å². The van der Waals surface area contributed by atoms with Crippen LogP contribution in [0.1, 0.15) is 28.8 Å². The van der Waals surface area contributed by atoms with Crippen LogP contribution in [0.25, 0.3) is 11.1 Å². The van der Waals surface area contributed by atoms with E-state index >= 15 is 0 Å². The van der Waals surface area contributed by atoms with Gasteiger partial charge >= 0.3 is 5.97 Å². The minimum Gasteiger partial charge on any atom is -0.478 e. The molecule has 2 aromatic rings. The van der Waals surface area contributed by atoms with Crippen molar-refractivity contribution in [3.8, 4) is 11.1 Å².